The van der Waals surface area contributed by atoms with E-state index in [0.717, 1.165) is 5.92 Å². The van der Waals surface area contributed by atoms with Crippen LogP contribution in [0, 0.1) is 5.92 Å². The van der Waals surface area contributed by atoms with Gasteiger partial charge in [-0.1, -0.05) is 50.7 Å². The number of allylic oxidation sites excluding steroid dienone is 2. The van der Waals surface area contributed by atoms with Gasteiger partial charge in [-0.2, -0.15) is 0 Å². The molecule has 0 spiro atoms. The Bertz CT molecular complexity index is 114. The summed E-state index contributed by atoms with van der Waals surface area (Å²) in [6.45, 7) is 2.15. The van der Waals surface area contributed by atoms with Crippen molar-refractivity contribution in [3.05, 3.63) is 12.2 Å². The third-order valence-electron chi connectivity index (χ3n) is 2.86. The quantitative estimate of drug-likeness (QED) is 0.509. The van der Waals surface area contributed by atoms with Crippen molar-refractivity contribution >= 4 is 0 Å². The van der Waals surface area contributed by atoms with E-state index in [-0.39, 0.29) is 0 Å². The second-order valence-electron chi connectivity index (χ2n) is 3.98. The molecule has 0 nitrogen and oxygen atoms in total. The SMILES string of the molecule is CC=CC1CCCCCCCC1. The Morgan fingerprint density at radius 3 is 1.83 bits per heavy atom. The maximum Gasteiger partial charge on any atom is -0.0234 e. The van der Waals surface area contributed by atoms with Gasteiger partial charge in [0.1, 0.15) is 0 Å². The van der Waals surface area contributed by atoms with Crippen LogP contribution in [0.4, 0.5) is 0 Å². The third-order valence-corrected chi connectivity index (χ3v) is 2.86. The van der Waals surface area contributed by atoms with Gasteiger partial charge < -0.3 is 0 Å². The monoisotopic (exact) mass is 166 g/mol. The number of rotatable bonds is 1. The van der Waals surface area contributed by atoms with Crippen molar-refractivity contribution in [1.29, 1.82) is 0 Å². The maximum absolute atomic E-state index is 2.41. The van der Waals surface area contributed by atoms with Crippen LogP contribution in [0.2, 0.25) is 0 Å². The fourth-order valence-electron chi connectivity index (χ4n) is 2.13. The molecule has 1 saturated carbocycles. The zero-order chi connectivity index (χ0) is 8.65. The molecule has 0 N–H and O–H groups in total. The Hall–Kier alpha value is -0.260. The van der Waals surface area contributed by atoms with Crippen molar-refractivity contribution in [1.82, 2.24) is 0 Å². The van der Waals surface area contributed by atoms with Crippen LogP contribution in [0.15, 0.2) is 12.2 Å². The fourth-order valence-corrected chi connectivity index (χ4v) is 2.13. The summed E-state index contributed by atoms with van der Waals surface area (Å²) >= 11 is 0. The summed E-state index contributed by atoms with van der Waals surface area (Å²) in [6.07, 6.45) is 16.3. The predicted molar refractivity (Wildman–Crippen MR) is 55.2 cm³/mol. The maximum atomic E-state index is 2.41. The molecule has 1 aliphatic rings. The Labute approximate surface area is 77.1 Å². The fraction of sp³-hybridized carbons (Fsp3) is 0.833. The molecule has 12 heavy (non-hydrogen) atoms. The van der Waals surface area contributed by atoms with E-state index in [9.17, 15) is 0 Å². The van der Waals surface area contributed by atoms with Crippen LogP contribution in [0.5, 0.6) is 0 Å². The van der Waals surface area contributed by atoms with E-state index in [4.69, 9.17) is 0 Å². The summed E-state index contributed by atoms with van der Waals surface area (Å²) in [7, 11) is 0. The minimum Gasteiger partial charge on any atom is -0.0914 e. The van der Waals surface area contributed by atoms with E-state index in [0.29, 0.717) is 0 Å². The highest BCUT2D eigenvalue weighted by molar-refractivity contribution is 4.85. The van der Waals surface area contributed by atoms with Crippen molar-refractivity contribution in [2.75, 3.05) is 0 Å². The molecule has 1 fully saturated rings. The smallest absolute Gasteiger partial charge is 0.0234 e. The Balaban J connectivity index is 2.28. The lowest BCUT2D eigenvalue weighted by Gasteiger charge is -2.09. The van der Waals surface area contributed by atoms with Gasteiger partial charge in [-0.25, -0.2) is 0 Å². The summed E-state index contributed by atoms with van der Waals surface area (Å²) in [5.41, 5.74) is 0. The zero-order valence-electron chi connectivity index (χ0n) is 8.39. The molecule has 0 aromatic carbocycles. The topological polar surface area (TPSA) is 0 Å². The molecule has 0 aliphatic heterocycles. The molecule has 0 heteroatoms. The van der Waals surface area contributed by atoms with Gasteiger partial charge >= 0.3 is 0 Å². The molecular formula is C12H22. The van der Waals surface area contributed by atoms with Gasteiger partial charge in [0.05, 0.1) is 0 Å². The average Bonchev–Trinajstić information content (AvgIpc) is 2.19. The summed E-state index contributed by atoms with van der Waals surface area (Å²) in [5.74, 6) is 0.896. The van der Waals surface area contributed by atoms with Crippen LogP contribution in [0.3, 0.4) is 0 Å². The Morgan fingerprint density at radius 2 is 1.33 bits per heavy atom. The molecule has 0 unspecified atom stereocenters. The van der Waals surface area contributed by atoms with E-state index in [1.165, 1.54) is 51.4 Å². The van der Waals surface area contributed by atoms with Gasteiger partial charge in [-0.05, 0) is 25.7 Å². The Kier molecular flexibility index (Phi) is 5.14. The van der Waals surface area contributed by atoms with E-state index in [1.54, 1.807) is 0 Å². The van der Waals surface area contributed by atoms with E-state index in [2.05, 4.69) is 19.1 Å². The molecule has 0 bridgehead atoms. The first-order valence-corrected chi connectivity index (χ1v) is 5.56. The van der Waals surface area contributed by atoms with Crippen LogP contribution in [-0.2, 0) is 0 Å². The second kappa shape index (κ2) is 6.28. The molecule has 1 rings (SSSR count). The third kappa shape index (κ3) is 3.94. The van der Waals surface area contributed by atoms with Gasteiger partial charge in [0.15, 0.2) is 0 Å². The van der Waals surface area contributed by atoms with Crippen LogP contribution < -0.4 is 0 Å². The van der Waals surface area contributed by atoms with Crippen LogP contribution >= 0.6 is 0 Å². The minimum absolute atomic E-state index is 0.896. The molecule has 0 aromatic heterocycles. The van der Waals surface area contributed by atoms with Gasteiger partial charge in [-0.3, -0.25) is 0 Å². The highest BCUT2D eigenvalue weighted by atomic mass is 14.1. The number of hydrogen-bond donors (Lipinski definition) is 0. The normalized spacial score (nSPS) is 23.4. The zero-order valence-corrected chi connectivity index (χ0v) is 8.39. The lowest BCUT2D eigenvalue weighted by Crippen LogP contribution is -1.95. The highest BCUT2D eigenvalue weighted by Gasteiger charge is 2.06. The van der Waals surface area contributed by atoms with Crippen molar-refractivity contribution in [3.8, 4) is 0 Å². The van der Waals surface area contributed by atoms with Crippen LogP contribution in [0.25, 0.3) is 0 Å². The largest absolute Gasteiger partial charge is 0.0914 e. The minimum atomic E-state index is 0.896. The van der Waals surface area contributed by atoms with Crippen molar-refractivity contribution in [2.24, 2.45) is 5.92 Å². The van der Waals surface area contributed by atoms with Crippen molar-refractivity contribution in [3.63, 3.8) is 0 Å². The molecule has 0 amide bonds. The second-order valence-corrected chi connectivity index (χ2v) is 3.98. The van der Waals surface area contributed by atoms with Crippen LogP contribution in [0.1, 0.15) is 58.3 Å². The summed E-state index contributed by atoms with van der Waals surface area (Å²) in [5, 5.41) is 0. The Morgan fingerprint density at radius 1 is 0.833 bits per heavy atom. The first-order chi connectivity index (χ1) is 5.93. The van der Waals surface area contributed by atoms with Gasteiger partial charge in [0.25, 0.3) is 0 Å². The number of hydrogen-bond acceptors (Lipinski definition) is 0. The van der Waals surface area contributed by atoms with Gasteiger partial charge in [-0.15, -0.1) is 0 Å². The molecule has 70 valence electrons. The standard InChI is InChI=1S/C12H22/c1-2-9-12-10-7-5-3-4-6-8-11-12/h2,9,12H,3-8,10-11H2,1H3. The first-order valence-electron chi connectivity index (χ1n) is 5.56. The molecule has 0 saturated heterocycles. The van der Waals surface area contributed by atoms with Crippen LogP contribution in [-0.4, -0.2) is 0 Å². The molecule has 0 aromatic rings. The summed E-state index contributed by atoms with van der Waals surface area (Å²) < 4.78 is 0. The predicted octanol–water partition coefficient (Wildman–Crippen LogP) is 4.31. The van der Waals surface area contributed by atoms with Gasteiger partial charge in [0, 0.05) is 0 Å². The van der Waals surface area contributed by atoms with E-state index >= 15 is 0 Å². The highest BCUT2D eigenvalue weighted by Crippen LogP contribution is 2.22. The molecular weight excluding hydrogens is 144 g/mol. The lowest BCUT2D eigenvalue weighted by atomic mass is 9.97. The molecule has 0 atom stereocenters. The van der Waals surface area contributed by atoms with E-state index < -0.39 is 0 Å². The molecule has 0 heterocycles. The average molecular weight is 166 g/mol. The molecule has 1 aliphatic carbocycles. The first kappa shape index (κ1) is 9.83. The van der Waals surface area contributed by atoms with Crippen molar-refractivity contribution < 1.29 is 0 Å². The summed E-state index contributed by atoms with van der Waals surface area (Å²) in [4.78, 5) is 0. The molecule has 0 radical (unpaired) electrons. The lowest BCUT2D eigenvalue weighted by molar-refractivity contribution is 0.510. The van der Waals surface area contributed by atoms with E-state index in [1.807, 2.05) is 0 Å². The van der Waals surface area contributed by atoms with Gasteiger partial charge in [0.2, 0.25) is 0 Å². The van der Waals surface area contributed by atoms with Crippen molar-refractivity contribution in [2.45, 2.75) is 58.3 Å². The summed E-state index contributed by atoms with van der Waals surface area (Å²) in [6, 6.07) is 0.